The van der Waals surface area contributed by atoms with Crippen LogP contribution in [0.15, 0.2) is 42.0 Å². The Hall–Kier alpha value is -3.32. The third kappa shape index (κ3) is 5.97. The van der Waals surface area contributed by atoms with Crippen molar-refractivity contribution in [1.82, 2.24) is 0 Å². The highest BCUT2D eigenvalue weighted by Gasteiger charge is 2.26. The monoisotopic (exact) mass is 472 g/mol. The number of allylic oxidation sites excluding steroid dienone is 2. The molecule has 7 nitrogen and oxygen atoms in total. The number of rotatable bonds is 12. The minimum atomic E-state index is -0.102. The molecule has 0 aliphatic carbocycles. The van der Waals surface area contributed by atoms with Crippen molar-refractivity contribution in [2.75, 3.05) is 49.3 Å². The number of hydrogen-bond donors (Lipinski definition) is 1. The Kier molecular flexibility index (Phi) is 10.1. The van der Waals surface area contributed by atoms with Crippen LogP contribution >= 0.6 is 0 Å². The van der Waals surface area contributed by atoms with E-state index in [4.69, 9.17) is 28.4 Å². The van der Waals surface area contributed by atoms with E-state index in [1.807, 2.05) is 24.3 Å². The molecule has 0 heterocycles. The molecule has 0 unspecified atom stereocenters. The second-order valence-corrected chi connectivity index (χ2v) is 7.73. The molecule has 0 amide bonds. The maximum atomic E-state index is 9.36. The van der Waals surface area contributed by atoms with E-state index >= 15 is 0 Å². The molecule has 0 fully saturated rings. The van der Waals surface area contributed by atoms with Crippen molar-refractivity contribution >= 4 is 6.08 Å². The average Bonchev–Trinajstić information content (AvgIpc) is 2.86. The van der Waals surface area contributed by atoms with Crippen LogP contribution in [0.25, 0.3) is 6.08 Å². The van der Waals surface area contributed by atoms with Crippen LogP contribution in [0.2, 0.25) is 0 Å². The zero-order valence-corrected chi connectivity index (χ0v) is 21.3. The molecular formula is C27H36O7. The summed E-state index contributed by atoms with van der Waals surface area (Å²) in [7, 11) is 9.64. The van der Waals surface area contributed by atoms with Gasteiger partial charge in [0.1, 0.15) is 11.5 Å². The smallest absolute Gasteiger partial charge is 0.164 e. The fraction of sp³-hybridized carbons (Fsp3) is 0.407. The van der Waals surface area contributed by atoms with Crippen LogP contribution < -0.4 is 28.4 Å². The quantitative estimate of drug-likeness (QED) is 0.430. The van der Waals surface area contributed by atoms with Gasteiger partial charge in [0.15, 0.2) is 23.0 Å². The van der Waals surface area contributed by atoms with Gasteiger partial charge in [-0.1, -0.05) is 30.7 Å². The van der Waals surface area contributed by atoms with Gasteiger partial charge in [0, 0.05) is 29.2 Å². The van der Waals surface area contributed by atoms with Gasteiger partial charge in [0.05, 0.1) is 49.3 Å². The molecule has 0 saturated heterocycles. The lowest BCUT2D eigenvalue weighted by atomic mass is 9.80. The van der Waals surface area contributed by atoms with Crippen molar-refractivity contribution in [3.05, 3.63) is 53.1 Å². The molecule has 0 spiro atoms. The van der Waals surface area contributed by atoms with E-state index in [2.05, 4.69) is 19.9 Å². The lowest BCUT2D eigenvalue weighted by molar-refractivity contribution is 0.341. The second kappa shape index (κ2) is 12.8. The van der Waals surface area contributed by atoms with Crippen LogP contribution in [0.5, 0.6) is 34.5 Å². The van der Waals surface area contributed by atoms with Gasteiger partial charge in [0.2, 0.25) is 0 Å². The molecule has 34 heavy (non-hydrogen) atoms. The first-order valence-electron chi connectivity index (χ1n) is 10.9. The second-order valence-electron chi connectivity index (χ2n) is 7.73. The minimum Gasteiger partial charge on any atom is -0.496 e. The summed E-state index contributed by atoms with van der Waals surface area (Å²) in [5, 5.41) is 9.36. The average molecular weight is 473 g/mol. The largest absolute Gasteiger partial charge is 0.496 e. The van der Waals surface area contributed by atoms with Crippen molar-refractivity contribution in [1.29, 1.82) is 0 Å². The maximum Gasteiger partial charge on any atom is 0.164 e. The molecule has 7 heteroatoms. The van der Waals surface area contributed by atoms with Gasteiger partial charge < -0.3 is 33.5 Å². The normalized spacial score (nSPS) is 13.4. The third-order valence-electron chi connectivity index (χ3n) is 5.75. The summed E-state index contributed by atoms with van der Waals surface area (Å²) in [5.41, 5.74) is 2.83. The first-order valence-corrected chi connectivity index (χ1v) is 10.9. The number of hydrogen-bond acceptors (Lipinski definition) is 7. The van der Waals surface area contributed by atoms with E-state index in [0.29, 0.717) is 34.5 Å². The zero-order chi connectivity index (χ0) is 25.3. The molecule has 0 bridgehead atoms. The highest BCUT2D eigenvalue weighted by Crippen LogP contribution is 2.45. The number of aliphatic hydroxyl groups excluding tert-OH is 1. The van der Waals surface area contributed by atoms with E-state index in [0.717, 1.165) is 16.7 Å². The fourth-order valence-electron chi connectivity index (χ4n) is 4.13. The standard InChI is InChI=1S/C27H36O7/c1-17(10-9-11-28)27(20-14-24(32-6)26(34-8)16-22(20)30-4)18(2)12-19-13-23(31-5)25(33-7)15-21(19)29-3/h9-10,12-17,27-28H,11H2,1-8H3/b10-9-,18-12+/t17-,27-/m0/s1. The van der Waals surface area contributed by atoms with E-state index in [9.17, 15) is 5.11 Å². The number of ether oxygens (including phenoxy) is 6. The Balaban J connectivity index is 2.74. The van der Waals surface area contributed by atoms with Crippen LogP contribution in [0.4, 0.5) is 0 Å². The van der Waals surface area contributed by atoms with Crippen LogP contribution in [0, 0.1) is 5.92 Å². The molecule has 0 aromatic heterocycles. The summed E-state index contributed by atoms with van der Waals surface area (Å²) >= 11 is 0. The molecule has 2 aromatic carbocycles. The molecule has 2 atom stereocenters. The van der Waals surface area contributed by atoms with Gasteiger partial charge in [-0.15, -0.1) is 0 Å². The highest BCUT2D eigenvalue weighted by atomic mass is 16.5. The van der Waals surface area contributed by atoms with Gasteiger partial charge in [-0.3, -0.25) is 0 Å². The van der Waals surface area contributed by atoms with Crippen LogP contribution in [0.3, 0.4) is 0 Å². The van der Waals surface area contributed by atoms with Crippen LogP contribution in [-0.2, 0) is 0 Å². The minimum absolute atomic E-state index is 0.0292. The lowest BCUT2D eigenvalue weighted by Gasteiger charge is -2.27. The number of methoxy groups -OCH3 is 6. The van der Waals surface area contributed by atoms with Gasteiger partial charge in [-0.05, 0) is 25.0 Å². The Labute approximate surface area is 202 Å². The molecule has 1 N–H and O–H groups in total. The van der Waals surface area contributed by atoms with Crippen LogP contribution in [0.1, 0.15) is 30.9 Å². The summed E-state index contributed by atoms with van der Waals surface area (Å²) in [4.78, 5) is 0. The Morgan fingerprint density at radius 2 is 1.21 bits per heavy atom. The van der Waals surface area contributed by atoms with Gasteiger partial charge in [-0.2, -0.15) is 0 Å². The highest BCUT2D eigenvalue weighted by molar-refractivity contribution is 5.67. The van der Waals surface area contributed by atoms with Crippen molar-refractivity contribution < 1.29 is 33.5 Å². The first-order chi connectivity index (χ1) is 16.4. The topological polar surface area (TPSA) is 75.6 Å². The van der Waals surface area contributed by atoms with Gasteiger partial charge in [-0.25, -0.2) is 0 Å². The van der Waals surface area contributed by atoms with Crippen molar-refractivity contribution in [3.8, 4) is 34.5 Å². The summed E-state index contributed by atoms with van der Waals surface area (Å²) in [5.74, 6) is 3.66. The Morgan fingerprint density at radius 1 is 0.735 bits per heavy atom. The maximum absolute atomic E-state index is 9.36. The molecule has 186 valence electrons. The first kappa shape index (κ1) is 26.9. The fourth-order valence-corrected chi connectivity index (χ4v) is 4.13. The molecule has 2 aromatic rings. The van der Waals surface area contributed by atoms with Crippen molar-refractivity contribution in [2.45, 2.75) is 19.8 Å². The molecule has 0 radical (unpaired) electrons. The van der Waals surface area contributed by atoms with Gasteiger partial charge >= 0.3 is 0 Å². The van der Waals surface area contributed by atoms with E-state index < -0.39 is 0 Å². The Morgan fingerprint density at radius 3 is 1.71 bits per heavy atom. The SMILES string of the molecule is COc1cc(OC)c(OC)cc1/C=C(\C)[C@@H](c1cc(OC)c(OC)cc1OC)[C@@H](C)/C=C\CO. The molecule has 0 saturated carbocycles. The summed E-state index contributed by atoms with van der Waals surface area (Å²) < 4.78 is 33.3. The molecule has 0 aliphatic rings. The number of benzene rings is 2. The third-order valence-corrected chi connectivity index (χ3v) is 5.75. The van der Waals surface area contributed by atoms with E-state index in [1.54, 1.807) is 54.8 Å². The van der Waals surface area contributed by atoms with Crippen LogP contribution in [-0.4, -0.2) is 54.4 Å². The number of aliphatic hydroxyl groups is 1. The summed E-state index contributed by atoms with van der Waals surface area (Å²) in [6.07, 6.45) is 5.80. The molecular weight excluding hydrogens is 436 g/mol. The molecule has 2 rings (SSSR count). The summed E-state index contributed by atoms with van der Waals surface area (Å²) in [6.45, 7) is 4.11. The zero-order valence-electron chi connectivity index (χ0n) is 21.3. The van der Waals surface area contributed by atoms with Crippen molar-refractivity contribution in [2.24, 2.45) is 5.92 Å². The molecule has 0 aliphatic heterocycles. The predicted octanol–water partition coefficient (Wildman–Crippen LogP) is 5.11. The predicted molar refractivity (Wildman–Crippen MR) is 134 cm³/mol. The van der Waals surface area contributed by atoms with Gasteiger partial charge in [0.25, 0.3) is 0 Å². The van der Waals surface area contributed by atoms with E-state index in [1.165, 1.54) is 0 Å². The lowest BCUT2D eigenvalue weighted by Crippen LogP contribution is -2.12. The summed E-state index contributed by atoms with van der Waals surface area (Å²) in [6, 6.07) is 7.46. The van der Waals surface area contributed by atoms with E-state index in [-0.39, 0.29) is 18.4 Å². The van der Waals surface area contributed by atoms with Crippen molar-refractivity contribution in [3.63, 3.8) is 0 Å². The Bertz CT molecular complexity index is 1010.